The minimum absolute atomic E-state index is 0.342. The minimum Gasteiger partial charge on any atom is -0.356 e. The van der Waals surface area contributed by atoms with E-state index in [1.165, 1.54) is 33.9 Å². The molecule has 6 heteroatoms. The lowest BCUT2D eigenvalue weighted by molar-refractivity contribution is -0.133. The first-order chi connectivity index (χ1) is 13.7. The van der Waals surface area contributed by atoms with E-state index in [4.69, 9.17) is 4.98 Å². The van der Waals surface area contributed by atoms with Crippen molar-refractivity contribution >= 4 is 23.1 Å². The van der Waals surface area contributed by atoms with Crippen LogP contribution < -0.4 is 4.90 Å². The van der Waals surface area contributed by atoms with Gasteiger partial charge in [-0.3, -0.25) is 4.79 Å². The monoisotopic (exact) mass is 396 g/mol. The van der Waals surface area contributed by atoms with Crippen LogP contribution in [0.15, 0.2) is 11.4 Å². The van der Waals surface area contributed by atoms with Crippen LogP contribution in [0.2, 0.25) is 0 Å². The number of anilines is 1. The van der Waals surface area contributed by atoms with Gasteiger partial charge >= 0.3 is 0 Å². The summed E-state index contributed by atoms with van der Waals surface area (Å²) >= 11 is 1.83. The average Bonchev–Trinajstić information content (AvgIpc) is 3.36. The molecule has 1 aliphatic carbocycles. The van der Waals surface area contributed by atoms with E-state index in [2.05, 4.69) is 26.2 Å². The lowest BCUT2D eigenvalue weighted by Crippen LogP contribution is -2.39. The summed E-state index contributed by atoms with van der Waals surface area (Å²) in [7, 11) is 0. The molecular formula is C22H28N4OS. The van der Waals surface area contributed by atoms with Crippen molar-refractivity contribution in [3.63, 3.8) is 0 Å². The SMILES string of the molecule is Cc1nc2c(c(N3CCC(CC(=O)N4CCc5sccc5C4)CC3)n1)CCC2. The molecule has 28 heavy (non-hydrogen) atoms. The zero-order chi connectivity index (χ0) is 19.1. The molecule has 3 aliphatic rings. The van der Waals surface area contributed by atoms with Gasteiger partial charge in [-0.05, 0) is 68.4 Å². The van der Waals surface area contributed by atoms with E-state index in [-0.39, 0.29) is 0 Å². The van der Waals surface area contributed by atoms with Crippen molar-refractivity contribution in [3.8, 4) is 0 Å². The highest BCUT2D eigenvalue weighted by molar-refractivity contribution is 7.10. The van der Waals surface area contributed by atoms with Crippen LogP contribution in [-0.4, -0.2) is 40.4 Å². The third-order valence-corrected chi connectivity index (χ3v) is 7.58. The Bertz CT molecular complexity index is 885. The molecule has 1 fully saturated rings. The van der Waals surface area contributed by atoms with Gasteiger partial charge in [-0.1, -0.05) is 0 Å². The number of amides is 1. The molecule has 0 radical (unpaired) electrons. The van der Waals surface area contributed by atoms with E-state index in [1.807, 2.05) is 18.3 Å². The fourth-order valence-electron chi connectivity index (χ4n) is 4.98. The van der Waals surface area contributed by atoms with Crippen LogP contribution in [0.25, 0.3) is 0 Å². The molecule has 0 bridgehead atoms. The van der Waals surface area contributed by atoms with E-state index in [0.29, 0.717) is 18.2 Å². The molecule has 0 spiro atoms. The lowest BCUT2D eigenvalue weighted by Gasteiger charge is -2.35. The number of hydrogen-bond donors (Lipinski definition) is 0. The normalized spacial score (nSPS) is 19.6. The Hall–Kier alpha value is -1.95. The molecule has 2 aliphatic heterocycles. The fourth-order valence-corrected chi connectivity index (χ4v) is 5.87. The maximum Gasteiger partial charge on any atom is 0.223 e. The Labute approximate surface area is 170 Å². The molecule has 1 saturated heterocycles. The van der Waals surface area contributed by atoms with E-state index in [0.717, 1.165) is 64.1 Å². The highest BCUT2D eigenvalue weighted by Gasteiger charge is 2.29. The number of fused-ring (bicyclic) bond motifs is 2. The zero-order valence-electron chi connectivity index (χ0n) is 16.6. The molecule has 0 N–H and O–H groups in total. The Morgan fingerprint density at radius 3 is 2.89 bits per heavy atom. The van der Waals surface area contributed by atoms with Crippen molar-refractivity contribution in [2.45, 2.75) is 58.4 Å². The van der Waals surface area contributed by atoms with E-state index in [9.17, 15) is 4.79 Å². The van der Waals surface area contributed by atoms with Crippen molar-refractivity contribution in [1.82, 2.24) is 14.9 Å². The fraction of sp³-hybridized carbons (Fsp3) is 0.591. The lowest BCUT2D eigenvalue weighted by atomic mass is 9.92. The van der Waals surface area contributed by atoms with Crippen molar-refractivity contribution < 1.29 is 4.79 Å². The number of thiophene rings is 1. The number of carbonyl (C=O) groups excluding carboxylic acids is 1. The summed E-state index contributed by atoms with van der Waals surface area (Å²) in [6.45, 7) is 5.72. The Kier molecular flexibility index (Phi) is 4.83. The third-order valence-electron chi connectivity index (χ3n) is 6.56. The van der Waals surface area contributed by atoms with Gasteiger partial charge in [0, 0.05) is 48.7 Å². The van der Waals surface area contributed by atoms with Gasteiger partial charge in [0.2, 0.25) is 5.91 Å². The minimum atomic E-state index is 0.342. The summed E-state index contributed by atoms with van der Waals surface area (Å²) in [6, 6.07) is 2.18. The number of nitrogens with zero attached hydrogens (tertiary/aromatic N) is 4. The molecule has 5 rings (SSSR count). The zero-order valence-corrected chi connectivity index (χ0v) is 17.4. The largest absolute Gasteiger partial charge is 0.356 e. The third kappa shape index (κ3) is 3.43. The van der Waals surface area contributed by atoms with Crippen LogP contribution in [0.5, 0.6) is 0 Å². The number of carbonyl (C=O) groups is 1. The standard InChI is InChI=1S/C22H28N4OS/c1-15-23-19-4-2-3-18(19)22(24-15)25-9-5-16(6-10-25)13-21(27)26-11-7-20-17(14-26)8-12-28-20/h8,12,16H,2-7,9-11,13-14H2,1H3. The van der Waals surface area contributed by atoms with Crippen LogP contribution >= 0.6 is 11.3 Å². The molecule has 2 aromatic heterocycles. The van der Waals surface area contributed by atoms with Gasteiger partial charge in [0.05, 0.1) is 0 Å². The molecule has 0 saturated carbocycles. The topological polar surface area (TPSA) is 49.3 Å². The first-order valence-electron chi connectivity index (χ1n) is 10.6. The Balaban J connectivity index is 1.19. The van der Waals surface area contributed by atoms with E-state index >= 15 is 0 Å². The maximum atomic E-state index is 12.8. The molecule has 0 unspecified atom stereocenters. The second-order valence-electron chi connectivity index (χ2n) is 8.44. The van der Waals surface area contributed by atoms with E-state index in [1.54, 1.807) is 0 Å². The Morgan fingerprint density at radius 1 is 1.18 bits per heavy atom. The molecule has 0 aromatic carbocycles. The number of piperidine rings is 1. The predicted octanol–water partition coefficient (Wildman–Crippen LogP) is 3.53. The van der Waals surface area contributed by atoms with Crippen LogP contribution in [0, 0.1) is 12.8 Å². The van der Waals surface area contributed by atoms with Gasteiger partial charge in [0.1, 0.15) is 11.6 Å². The second kappa shape index (κ2) is 7.47. The first-order valence-corrected chi connectivity index (χ1v) is 11.5. The molecule has 148 valence electrons. The molecule has 1 amide bonds. The summed E-state index contributed by atoms with van der Waals surface area (Å²) in [6.07, 6.45) is 7.31. The maximum absolute atomic E-state index is 12.8. The quantitative estimate of drug-likeness (QED) is 0.796. The molecule has 0 atom stereocenters. The van der Waals surface area contributed by atoms with Crippen molar-refractivity contribution in [1.29, 1.82) is 0 Å². The van der Waals surface area contributed by atoms with Crippen LogP contribution in [0.3, 0.4) is 0 Å². The number of rotatable bonds is 3. The summed E-state index contributed by atoms with van der Waals surface area (Å²) < 4.78 is 0. The summed E-state index contributed by atoms with van der Waals surface area (Å²) in [5.41, 5.74) is 3.99. The molecular weight excluding hydrogens is 368 g/mol. The van der Waals surface area contributed by atoms with Crippen LogP contribution in [0.1, 0.15) is 53.2 Å². The van der Waals surface area contributed by atoms with Crippen molar-refractivity contribution in [2.24, 2.45) is 5.92 Å². The van der Waals surface area contributed by atoms with Gasteiger partial charge in [0.25, 0.3) is 0 Å². The van der Waals surface area contributed by atoms with Gasteiger partial charge in [-0.15, -0.1) is 11.3 Å². The smallest absolute Gasteiger partial charge is 0.223 e. The van der Waals surface area contributed by atoms with Gasteiger partial charge in [-0.25, -0.2) is 9.97 Å². The summed E-state index contributed by atoms with van der Waals surface area (Å²) in [5, 5.41) is 2.15. The highest BCUT2D eigenvalue weighted by atomic mass is 32.1. The molecule has 4 heterocycles. The average molecular weight is 397 g/mol. The number of aromatic nitrogens is 2. The Morgan fingerprint density at radius 2 is 2.04 bits per heavy atom. The number of hydrogen-bond acceptors (Lipinski definition) is 5. The molecule has 5 nitrogen and oxygen atoms in total. The first kappa shape index (κ1) is 18.1. The highest BCUT2D eigenvalue weighted by Crippen LogP contribution is 2.32. The summed E-state index contributed by atoms with van der Waals surface area (Å²) in [5.74, 6) is 2.91. The van der Waals surface area contributed by atoms with Crippen LogP contribution in [0.4, 0.5) is 5.82 Å². The second-order valence-corrected chi connectivity index (χ2v) is 9.44. The number of aryl methyl sites for hydroxylation is 2. The van der Waals surface area contributed by atoms with Gasteiger partial charge in [0.15, 0.2) is 0 Å². The predicted molar refractivity (Wildman–Crippen MR) is 112 cm³/mol. The van der Waals surface area contributed by atoms with Crippen LogP contribution in [-0.2, 0) is 30.6 Å². The van der Waals surface area contributed by atoms with Gasteiger partial charge in [-0.2, -0.15) is 0 Å². The van der Waals surface area contributed by atoms with Crippen molar-refractivity contribution in [3.05, 3.63) is 39.0 Å². The van der Waals surface area contributed by atoms with Crippen molar-refractivity contribution in [2.75, 3.05) is 24.5 Å². The summed E-state index contributed by atoms with van der Waals surface area (Å²) in [4.78, 5) is 28.2. The van der Waals surface area contributed by atoms with E-state index < -0.39 is 0 Å². The van der Waals surface area contributed by atoms with Gasteiger partial charge < -0.3 is 9.80 Å². The molecule has 2 aromatic rings.